The molecule has 0 saturated heterocycles. The first-order chi connectivity index (χ1) is 15.8. The Labute approximate surface area is 198 Å². The van der Waals surface area contributed by atoms with Crippen LogP contribution in [0.5, 0.6) is 5.75 Å². The van der Waals surface area contributed by atoms with Crippen LogP contribution in [0.25, 0.3) is 0 Å². The summed E-state index contributed by atoms with van der Waals surface area (Å²) in [5, 5.41) is 0. The van der Waals surface area contributed by atoms with Crippen molar-refractivity contribution in [2.75, 3.05) is 0 Å². The van der Waals surface area contributed by atoms with Gasteiger partial charge in [-0.1, -0.05) is 26.7 Å². The van der Waals surface area contributed by atoms with Crippen LogP contribution in [0.1, 0.15) is 87.8 Å². The first-order valence-corrected chi connectivity index (χ1v) is 11.8. The van der Waals surface area contributed by atoms with Crippen molar-refractivity contribution in [2.45, 2.75) is 84.5 Å². The fourth-order valence-corrected chi connectivity index (χ4v) is 4.21. The van der Waals surface area contributed by atoms with Crippen molar-refractivity contribution in [1.29, 1.82) is 0 Å². The number of alkyl halides is 3. The summed E-state index contributed by atoms with van der Waals surface area (Å²) in [4.78, 5) is 23.1. The highest BCUT2D eigenvalue weighted by molar-refractivity contribution is 5.97. The number of rotatable bonds is 6. The molecule has 6 nitrogen and oxygen atoms in total. The Morgan fingerprint density at radius 2 is 1.82 bits per heavy atom. The zero-order chi connectivity index (χ0) is 25.3. The number of aromatic nitrogens is 2. The van der Waals surface area contributed by atoms with Crippen LogP contribution in [0.4, 0.5) is 13.2 Å². The van der Waals surface area contributed by atoms with E-state index in [1.165, 1.54) is 12.8 Å². The van der Waals surface area contributed by atoms with Crippen molar-refractivity contribution in [2.24, 2.45) is 18.0 Å². The van der Waals surface area contributed by atoms with E-state index in [2.05, 4.69) is 24.3 Å². The molecule has 9 heteroatoms. The van der Waals surface area contributed by atoms with E-state index < -0.39 is 23.2 Å². The standard InChI is InChI=1S/C25H35F3N4O2/c1-16(2)20-14-22(32(31(20)6)15-17-9-7-8-10-17)29-23(33)19-13-18(25(26,27)28)11-12-21(19)34-30-24(3,4)5/h11-14,16-17,30H,7-10,15H2,1-6H3/b29-22+. The quantitative estimate of drug-likeness (QED) is 0.549. The average Bonchev–Trinajstić information content (AvgIpc) is 3.34. The minimum atomic E-state index is -4.59. The molecule has 0 aliphatic heterocycles. The van der Waals surface area contributed by atoms with Gasteiger partial charge in [0.2, 0.25) is 0 Å². The fraction of sp³-hybridized carbons (Fsp3) is 0.600. The maximum atomic E-state index is 13.4. The predicted molar refractivity (Wildman–Crippen MR) is 124 cm³/mol. The second kappa shape index (κ2) is 9.98. The van der Waals surface area contributed by atoms with E-state index in [1.807, 2.05) is 43.2 Å². The number of halogens is 3. The molecule has 0 unspecified atom stereocenters. The van der Waals surface area contributed by atoms with Gasteiger partial charge in [-0.15, -0.1) is 0 Å². The minimum Gasteiger partial charge on any atom is -0.407 e. The molecule has 1 N–H and O–H groups in total. The average molecular weight is 481 g/mol. The molecule has 1 amide bonds. The molecule has 0 bridgehead atoms. The second-order valence-electron chi connectivity index (χ2n) is 10.4. The van der Waals surface area contributed by atoms with Crippen molar-refractivity contribution >= 4 is 5.91 Å². The zero-order valence-electron chi connectivity index (χ0n) is 20.8. The van der Waals surface area contributed by atoms with Crippen LogP contribution in [-0.2, 0) is 19.8 Å². The number of carbonyl (C=O) groups excluding carboxylic acids is 1. The van der Waals surface area contributed by atoms with Crippen molar-refractivity contribution in [1.82, 2.24) is 14.8 Å². The molecule has 188 valence electrons. The summed E-state index contributed by atoms with van der Waals surface area (Å²) in [6.45, 7) is 10.3. The molecule has 2 aromatic rings. The lowest BCUT2D eigenvalue weighted by Crippen LogP contribution is -2.38. The topological polar surface area (TPSA) is 60.5 Å². The predicted octanol–water partition coefficient (Wildman–Crippen LogP) is 5.58. The van der Waals surface area contributed by atoms with Crippen LogP contribution in [0.2, 0.25) is 0 Å². The van der Waals surface area contributed by atoms with Crippen LogP contribution in [0, 0.1) is 5.92 Å². The van der Waals surface area contributed by atoms with Gasteiger partial charge in [-0.25, -0.2) is 0 Å². The number of hydrogen-bond acceptors (Lipinski definition) is 3. The molecule has 34 heavy (non-hydrogen) atoms. The maximum absolute atomic E-state index is 13.4. The summed E-state index contributed by atoms with van der Waals surface area (Å²) in [7, 11) is 1.93. The molecule has 1 aromatic heterocycles. The van der Waals surface area contributed by atoms with Gasteiger partial charge in [0.25, 0.3) is 5.91 Å². The molecular formula is C25H35F3N4O2. The van der Waals surface area contributed by atoms with E-state index >= 15 is 0 Å². The van der Waals surface area contributed by atoms with Crippen molar-refractivity contribution < 1.29 is 22.8 Å². The summed E-state index contributed by atoms with van der Waals surface area (Å²) >= 11 is 0. The van der Waals surface area contributed by atoms with Crippen LogP contribution >= 0.6 is 0 Å². The Morgan fingerprint density at radius 1 is 1.18 bits per heavy atom. The van der Waals surface area contributed by atoms with E-state index in [-0.39, 0.29) is 17.2 Å². The Bertz CT molecular complexity index is 1090. The van der Waals surface area contributed by atoms with Crippen LogP contribution in [0.3, 0.4) is 0 Å². The third kappa shape index (κ3) is 6.31. The molecule has 0 spiro atoms. The lowest BCUT2D eigenvalue weighted by atomic mass is 10.1. The first kappa shape index (κ1) is 26.1. The fourth-order valence-electron chi connectivity index (χ4n) is 4.21. The van der Waals surface area contributed by atoms with E-state index in [4.69, 9.17) is 4.84 Å². The van der Waals surface area contributed by atoms with Gasteiger partial charge in [0.05, 0.1) is 11.1 Å². The van der Waals surface area contributed by atoms with E-state index in [0.717, 1.165) is 36.7 Å². The highest BCUT2D eigenvalue weighted by Gasteiger charge is 2.32. The monoisotopic (exact) mass is 480 g/mol. The normalized spacial score (nSPS) is 16.0. The van der Waals surface area contributed by atoms with Crippen molar-refractivity contribution in [3.63, 3.8) is 0 Å². The van der Waals surface area contributed by atoms with E-state index in [9.17, 15) is 18.0 Å². The van der Waals surface area contributed by atoms with Gasteiger partial charge < -0.3 is 4.84 Å². The third-order valence-corrected chi connectivity index (χ3v) is 6.00. The molecule has 0 atom stereocenters. The summed E-state index contributed by atoms with van der Waals surface area (Å²) in [6.07, 6.45) is 0.0118. The molecule has 1 aromatic carbocycles. The summed E-state index contributed by atoms with van der Waals surface area (Å²) in [5.41, 5.74) is 2.55. The van der Waals surface area contributed by atoms with Gasteiger partial charge in [0.1, 0.15) is 0 Å². The lowest BCUT2D eigenvalue weighted by Gasteiger charge is -2.21. The van der Waals surface area contributed by atoms with E-state index in [0.29, 0.717) is 18.0 Å². The smallest absolute Gasteiger partial charge is 0.407 e. The Morgan fingerprint density at radius 3 is 2.38 bits per heavy atom. The van der Waals surface area contributed by atoms with Gasteiger partial charge >= 0.3 is 6.18 Å². The summed E-state index contributed by atoms with van der Waals surface area (Å²) < 4.78 is 44.1. The van der Waals surface area contributed by atoms with Gasteiger partial charge in [-0.05, 0) is 63.6 Å². The SMILES string of the molecule is CC(C)c1c/c(=N\C(=O)c2cc(C(F)(F)F)ccc2ONC(C)(C)C)n(CC2CCCC2)n1C. The van der Waals surface area contributed by atoms with Gasteiger partial charge in [0.15, 0.2) is 11.2 Å². The number of amides is 1. The van der Waals surface area contributed by atoms with Crippen molar-refractivity contribution in [3.05, 3.63) is 46.6 Å². The Hall–Kier alpha value is -2.55. The lowest BCUT2D eigenvalue weighted by molar-refractivity contribution is -0.137. The highest BCUT2D eigenvalue weighted by Crippen LogP contribution is 2.33. The van der Waals surface area contributed by atoms with Crippen LogP contribution in [0.15, 0.2) is 29.3 Å². The van der Waals surface area contributed by atoms with E-state index in [1.54, 1.807) is 0 Å². The third-order valence-electron chi connectivity index (χ3n) is 6.00. The molecular weight excluding hydrogens is 445 g/mol. The molecule has 1 aliphatic carbocycles. The molecule has 3 rings (SSSR count). The number of nitrogens with zero attached hydrogens (tertiary/aromatic N) is 3. The second-order valence-corrected chi connectivity index (χ2v) is 10.4. The van der Waals surface area contributed by atoms with Gasteiger partial charge in [-0.3, -0.25) is 14.2 Å². The number of benzene rings is 1. The van der Waals surface area contributed by atoms with Crippen LogP contribution < -0.4 is 15.8 Å². The Balaban J connectivity index is 2.07. The van der Waals surface area contributed by atoms with Crippen LogP contribution in [-0.4, -0.2) is 20.8 Å². The molecule has 1 fully saturated rings. The summed E-state index contributed by atoms with van der Waals surface area (Å²) in [6, 6.07) is 4.70. The largest absolute Gasteiger partial charge is 0.416 e. The molecule has 1 aliphatic rings. The van der Waals surface area contributed by atoms with Gasteiger partial charge in [0, 0.05) is 30.9 Å². The number of hydroxylamine groups is 1. The van der Waals surface area contributed by atoms with Crippen molar-refractivity contribution in [3.8, 4) is 5.75 Å². The zero-order valence-corrected chi connectivity index (χ0v) is 20.8. The first-order valence-electron chi connectivity index (χ1n) is 11.8. The van der Waals surface area contributed by atoms with Gasteiger partial charge in [-0.2, -0.15) is 23.6 Å². The number of nitrogens with one attached hydrogen (secondary N) is 1. The molecule has 1 heterocycles. The number of hydrogen-bond donors (Lipinski definition) is 1. The number of carbonyl (C=O) groups is 1. The Kier molecular flexibility index (Phi) is 7.65. The highest BCUT2D eigenvalue weighted by atomic mass is 19.4. The maximum Gasteiger partial charge on any atom is 0.416 e. The summed E-state index contributed by atoms with van der Waals surface area (Å²) in [5.74, 6) is -0.0923. The molecule has 1 saturated carbocycles. The molecule has 0 radical (unpaired) electrons. The minimum absolute atomic E-state index is 0.000896.